The molecular formula is C24H22N6O2. The van der Waals surface area contributed by atoms with Gasteiger partial charge in [-0.25, -0.2) is 15.0 Å². The van der Waals surface area contributed by atoms with Crippen LogP contribution >= 0.6 is 0 Å². The van der Waals surface area contributed by atoms with Crippen LogP contribution in [0.2, 0.25) is 0 Å². The molecule has 8 nitrogen and oxygen atoms in total. The van der Waals surface area contributed by atoms with Crippen molar-refractivity contribution in [3.8, 4) is 5.75 Å². The van der Waals surface area contributed by atoms with Gasteiger partial charge < -0.3 is 20.7 Å². The number of carbonyl (C=O) groups excluding carboxylic acids is 1. The summed E-state index contributed by atoms with van der Waals surface area (Å²) < 4.78 is 5.17. The lowest BCUT2D eigenvalue weighted by atomic mass is 10.2. The molecule has 2 aromatic heterocycles. The maximum Gasteiger partial charge on any atom is 0.255 e. The van der Waals surface area contributed by atoms with Gasteiger partial charge in [0.1, 0.15) is 29.0 Å². The summed E-state index contributed by atoms with van der Waals surface area (Å²) in [6.45, 7) is 1.83. The minimum Gasteiger partial charge on any atom is -0.497 e. The van der Waals surface area contributed by atoms with Crippen LogP contribution in [-0.4, -0.2) is 28.0 Å². The van der Waals surface area contributed by atoms with Crippen molar-refractivity contribution in [1.29, 1.82) is 0 Å². The molecule has 0 fully saturated rings. The molecule has 4 aromatic rings. The Labute approximate surface area is 185 Å². The largest absolute Gasteiger partial charge is 0.497 e. The van der Waals surface area contributed by atoms with Crippen LogP contribution in [-0.2, 0) is 0 Å². The zero-order valence-corrected chi connectivity index (χ0v) is 17.7. The Morgan fingerprint density at radius 1 is 0.812 bits per heavy atom. The topological polar surface area (TPSA) is 101 Å². The van der Waals surface area contributed by atoms with E-state index in [9.17, 15) is 4.79 Å². The van der Waals surface area contributed by atoms with Crippen LogP contribution in [0.25, 0.3) is 0 Å². The summed E-state index contributed by atoms with van der Waals surface area (Å²) in [5.41, 5.74) is 2.03. The molecule has 0 aliphatic rings. The zero-order chi connectivity index (χ0) is 22.3. The molecule has 0 aliphatic carbocycles. The molecule has 4 rings (SSSR count). The first kappa shape index (κ1) is 20.8. The standard InChI is InChI=1S/C24H22N6O2/c1-16-26-22(15-23(27-16)30-21-8-3-4-13-25-21)28-18-9-11-19(12-10-18)29-24(31)17-6-5-7-20(14-17)32-2/h3-15H,1-2H3,(H,29,31)(H2,25,26,27,28,30). The normalized spacial score (nSPS) is 10.3. The molecule has 8 heteroatoms. The molecule has 0 atom stereocenters. The van der Waals surface area contributed by atoms with Gasteiger partial charge in [-0.2, -0.15) is 0 Å². The Morgan fingerprint density at radius 2 is 1.56 bits per heavy atom. The van der Waals surface area contributed by atoms with E-state index in [0.29, 0.717) is 40.3 Å². The molecule has 0 saturated heterocycles. The van der Waals surface area contributed by atoms with Crippen molar-refractivity contribution in [3.63, 3.8) is 0 Å². The summed E-state index contributed by atoms with van der Waals surface area (Å²) in [7, 11) is 1.57. The molecule has 0 saturated carbocycles. The van der Waals surface area contributed by atoms with Gasteiger partial charge in [0.15, 0.2) is 0 Å². The van der Waals surface area contributed by atoms with Gasteiger partial charge >= 0.3 is 0 Å². The number of aromatic nitrogens is 3. The van der Waals surface area contributed by atoms with Crippen molar-refractivity contribution < 1.29 is 9.53 Å². The molecule has 0 radical (unpaired) electrons. The van der Waals surface area contributed by atoms with E-state index in [2.05, 4.69) is 30.9 Å². The van der Waals surface area contributed by atoms with Crippen LogP contribution in [0.4, 0.5) is 28.8 Å². The molecule has 2 aromatic carbocycles. The number of rotatable bonds is 7. The average Bonchev–Trinajstić information content (AvgIpc) is 2.80. The third kappa shape index (κ3) is 5.37. The highest BCUT2D eigenvalue weighted by Crippen LogP contribution is 2.22. The van der Waals surface area contributed by atoms with Crippen molar-refractivity contribution in [2.24, 2.45) is 0 Å². The summed E-state index contributed by atoms with van der Waals surface area (Å²) in [5, 5.41) is 9.31. The van der Waals surface area contributed by atoms with Crippen LogP contribution in [0.15, 0.2) is 79.0 Å². The molecule has 0 bridgehead atoms. The quantitative estimate of drug-likeness (QED) is 0.385. The van der Waals surface area contributed by atoms with Crippen LogP contribution in [0.3, 0.4) is 0 Å². The number of methoxy groups -OCH3 is 1. The second-order valence-corrected chi connectivity index (χ2v) is 6.91. The lowest BCUT2D eigenvalue weighted by Crippen LogP contribution is -2.11. The predicted octanol–water partition coefficient (Wildman–Crippen LogP) is 4.93. The van der Waals surface area contributed by atoms with Gasteiger partial charge in [-0.05, 0) is 61.5 Å². The first-order chi connectivity index (χ1) is 15.6. The number of hydrogen-bond acceptors (Lipinski definition) is 7. The summed E-state index contributed by atoms with van der Waals surface area (Å²) >= 11 is 0. The summed E-state index contributed by atoms with van der Waals surface area (Å²) in [6.07, 6.45) is 1.71. The number of nitrogens with zero attached hydrogens (tertiary/aromatic N) is 3. The summed E-state index contributed by atoms with van der Waals surface area (Å²) in [5.74, 6) is 3.03. The fraction of sp³-hybridized carbons (Fsp3) is 0.0833. The minimum atomic E-state index is -0.207. The van der Waals surface area contributed by atoms with Crippen LogP contribution in [0.1, 0.15) is 16.2 Å². The Balaban J connectivity index is 1.43. The first-order valence-electron chi connectivity index (χ1n) is 9.95. The lowest BCUT2D eigenvalue weighted by molar-refractivity contribution is 0.102. The van der Waals surface area contributed by atoms with E-state index in [1.54, 1.807) is 43.6 Å². The van der Waals surface area contributed by atoms with Gasteiger partial charge in [-0.1, -0.05) is 12.1 Å². The molecule has 0 spiro atoms. The minimum absolute atomic E-state index is 0.207. The Bertz CT molecular complexity index is 1210. The van der Waals surface area contributed by atoms with E-state index in [4.69, 9.17) is 4.74 Å². The maximum atomic E-state index is 12.5. The van der Waals surface area contributed by atoms with Crippen molar-refractivity contribution in [1.82, 2.24) is 15.0 Å². The predicted molar refractivity (Wildman–Crippen MR) is 125 cm³/mol. The number of amides is 1. The molecule has 32 heavy (non-hydrogen) atoms. The number of ether oxygens (including phenoxy) is 1. The summed E-state index contributed by atoms with van der Waals surface area (Å²) in [6, 6.07) is 21.8. The van der Waals surface area contributed by atoms with Crippen molar-refractivity contribution >= 4 is 34.7 Å². The zero-order valence-electron chi connectivity index (χ0n) is 17.7. The number of pyridine rings is 1. The molecule has 2 heterocycles. The van der Waals surface area contributed by atoms with E-state index in [1.165, 1.54) is 0 Å². The van der Waals surface area contributed by atoms with Crippen LogP contribution in [0, 0.1) is 6.92 Å². The highest BCUT2D eigenvalue weighted by molar-refractivity contribution is 6.04. The number of nitrogens with one attached hydrogen (secondary N) is 3. The Hall–Kier alpha value is -4.46. The summed E-state index contributed by atoms with van der Waals surface area (Å²) in [4.78, 5) is 25.6. The van der Waals surface area contributed by atoms with Gasteiger partial charge in [0.05, 0.1) is 7.11 Å². The fourth-order valence-corrected chi connectivity index (χ4v) is 3.02. The number of benzene rings is 2. The molecule has 0 unspecified atom stereocenters. The highest BCUT2D eigenvalue weighted by atomic mass is 16.5. The second kappa shape index (κ2) is 9.57. The SMILES string of the molecule is COc1cccc(C(=O)Nc2ccc(Nc3cc(Nc4ccccn4)nc(C)n3)cc2)c1. The molecule has 1 amide bonds. The smallest absolute Gasteiger partial charge is 0.255 e. The van der Waals surface area contributed by atoms with Crippen LogP contribution < -0.4 is 20.7 Å². The lowest BCUT2D eigenvalue weighted by Gasteiger charge is -2.11. The molecular weight excluding hydrogens is 404 g/mol. The van der Waals surface area contributed by atoms with Crippen molar-refractivity contribution in [2.45, 2.75) is 6.92 Å². The van der Waals surface area contributed by atoms with E-state index >= 15 is 0 Å². The highest BCUT2D eigenvalue weighted by Gasteiger charge is 2.08. The van der Waals surface area contributed by atoms with Gasteiger partial charge in [0.2, 0.25) is 0 Å². The van der Waals surface area contributed by atoms with E-state index in [0.717, 1.165) is 5.69 Å². The number of aryl methyl sites for hydroxylation is 1. The van der Waals surface area contributed by atoms with E-state index in [1.807, 2.05) is 49.4 Å². The Morgan fingerprint density at radius 3 is 2.28 bits per heavy atom. The monoisotopic (exact) mass is 426 g/mol. The number of carbonyl (C=O) groups is 1. The number of anilines is 5. The third-order valence-corrected chi connectivity index (χ3v) is 4.51. The second-order valence-electron chi connectivity index (χ2n) is 6.91. The van der Waals surface area contributed by atoms with Gasteiger partial charge in [0.25, 0.3) is 5.91 Å². The molecule has 160 valence electrons. The third-order valence-electron chi connectivity index (χ3n) is 4.51. The van der Waals surface area contributed by atoms with Crippen molar-refractivity contribution in [3.05, 3.63) is 90.4 Å². The van der Waals surface area contributed by atoms with Crippen LogP contribution in [0.5, 0.6) is 5.75 Å². The van der Waals surface area contributed by atoms with Gasteiger partial charge in [-0.15, -0.1) is 0 Å². The Kier molecular flexibility index (Phi) is 6.22. The fourth-order valence-electron chi connectivity index (χ4n) is 3.02. The van der Waals surface area contributed by atoms with Gasteiger partial charge in [-0.3, -0.25) is 4.79 Å². The maximum absolute atomic E-state index is 12.5. The van der Waals surface area contributed by atoms with E-state index in [-0.39, 0.29) is 5.91 Å². The van der Waals surface area contributed by atoms with E-state index < -0.39 is 0 Å². The number of hydrogen-bond donors (Lipinski definition) is 3. The first-order valence-corrected chi connectivity index (χ1v) is 9.95. The molecule has 0 aliphatic heterocycles. The molecule has 3 N–H and O–H groups in total. The van der Waals surface area contributed by atoms with Gasteiger partial charge in [0, 0.05) is 29.2 Å². The average molecular weight is 426 g/mol. The van der Waals surface area contributed by atoms with Crippen molar-refractivity contribution in [2.75, 3.05) is 23.1 Å².